The number of hydrogen-bond acceptors (Lipinski definition) is 3. The Morgan fingerprint density at radius 1 is 1.64 bits per heavy atom. The van der Waals surface area contributed by atoms with Gasteiger partial charge in [-0.15, -0.1) is 6.58 Å². The Morgan fingerprint density at radius 3 is 2.50 bits per heavy atom. The van der Waals surface area contributed by atoms with Gasteiger partial charge in [-0.2, -0.15) is 0 Å². The first-order valence-corrected chi connectivity index (χ1v) is 4.78. The number of aliphatic carboxylic acids is 1. The molecular weight excluding hydrogens is 180 g/mol. The van der Waals surface area contributed by atoms with E-state index in [1.807, 2.05) is 6.92 Å². The molecule has 0 saturated carbocycles. The summed E-state index contributed by atoms with van der Waals surface area (Å²) in [6.07, 6.45) is 3.05. The highest BCUT2D eigenvalue weighted by Crippen LogP contribution is 2.16. The lowest BCUT2D eigenvalue weighted by atomic mass is 10.0. The standard InChI is InChI=1S/C10H20N2O2/c1-5-7-10(9(13)14,12(3)4)11-8-6-2/h6,11H,2,5,7-8H2,1,3-4H3,(H,13,14). The summed E-state index contributed by atoms with van der Waals surface area (Å²) >= 11 is 0. The minimum absolute atomic E-state index is 0.491. The van der Waals surface area contributed by atoms with E-state index >= 15 is 0 Å². The van der Waals surface area contributed by atoms with Crippen LogP contribution in [0, 0.1) is 0 Å². The van der Waals surface area contributed by atoms with Crippen LogP contribution in [0.3, 0.4) is 0 Å². The Labute approximate surface area is 85.6 Å². The second-order valence-corrected chi connectivity index (χ2v) is 3.48. The zero-order valence-electron chi connectivity index (χ0n) is 9.21. The van der Waals surface area contributed by atoms with Crippen molar-refractivity contribution >= 4 is 5.97 Å². The number of carboxylic acids is 1. The van der Waals surface area contributed by atoms with Gasteiger partial charge >= 0.3 is 5.97 Å². The predicted octanol–water partition coefficient (Wildman–Crippen LogP) is 0.905. The minimum Gasteiger partial charge on any atom is -0.479 e. The fourth-order valence-corrected chi connectivity index (χ4v) is 1.45. The molecule has 0 saturated heterocycles. The third-order valence-electron chi connectivity index (χ3n) is 2.27. The summed E-state index contributed by atoms with van der Waals surface area (Å²) in [4.78, 5) is 12.9. The molecule has 0 rings (SSSR count). The molecule has 4 heteroatoms. The molecule has 0 aliphatic carbocycles. The van der Waals surface area contributed by atoms with Crippen molar-refractivity contribution in [3.8, 4) is 0 Å². The summed E-state index contributed by atoms with van der Waals surface area (Å²) < 4.78 is 0. The molecule has 0 amide bonds. The van der Waals surface area contributed by atoms with Crippen LogP contribution in [-0.4, -0.2) is 42.3 Å². The third-order valence-corrected chi connectivity index (χ3v) is 2.27. The number of nitrogens with one attached hydrogen (secondary N) is 1. The molecule has 0 radical (unpaired) electrons. The number of carboxylic acid groups (broad SMARTS) is 1. The third kappa shape index (κ3) is 2.82. The van der Waals surface area contributed by atoms with E-state index in [9.17, 15) is 9.90 Å². The minimum atomic E-state index is -0.969. The molecule has 4 nitrogen and oxygen atoms in total. The van der Waals surface area contributed by atoms with Gasteiger partial charge in [-0.25, -0.2) is 4.79 Å². The zero-order valence-corrected chi connectivity index (χ0v) is 9.21. The first-order valence-electron chi connectivity index (χ1n) is 4.78. The largest absolute Gasteiger partial charge is 0.479 e. The van der Waals surface area contributed by atoms with Gasteiger partial charge in [-0.3, -0.25) is 10.2 Å². The van der Waals surface area contributed by atoms with Crippen molar-refractivity contribution in [3.63, 3.8) is 0 Å². The summed E-state index contributed by atoms with van der Waals surface area (Å²) in [7, 11) is 3.53. The van der Waals surface area contributed by atoms with Gasteiger partial charge in [0, 0.05) is 6.54 Å². The van der Waals surface area contributed by atoms with Crippen LogP contribution in [0.5, 0.6) is 0 Å². The molecule has 0 heterocycles. The van der Waals surface area contributed by atoms with Crippen LogP contribution in [0.15, 0.2) is 12.7 Å². The summed E-state index contributed by atoms with van der Waals surface area (Å²) in [5.41, 5.74) is -0.969. The maximum atomic E-state index is 11.2. The van der Waals surface area contributed by atoms with Crippen molar-refractivity contribution in [1.82, 2.24) is 10.2 Å². The average Bonchev–Trinajstić information content (AvgIpc) is 2.11. The highest BCUT2D eigenvalue weighted by molar-refractivity contribution is 5.78. The second kappa shape index (κ2) is 5.78. The Hall–Kier alpha value is -0.870. The molecule has 0 aromatic carbocycles. The monoisotopic (exact) mass is 200 g/mol. The van der Waals surface area contributed by atoms with Gasteiger partial charge in [-0.1, -0.05) is 19.4 Å². The SMILES string of the molecule is C=CCNC(CCC)(C(=O)O)N(C)C. The van der Waals surface area contributed by atoms with Crippen molar-refractivity contribution in [2.24, 2.45) is 0 Å². The molecule has 2 N–H and O–H groups in total. The molecule has 0 aliphatic heterocycles. The Morgan fingerprint density at radius 2 is 2.21 bits per heavy atom. The quantitative estimate of drug-likeness (QED) is 0.473. The van der Waals surface area contributed by atoms with E-state index in [1.54, 1.807) is 25.1 Å². The van der Waals surface area contributed by atoms with Crippen LogP contribution in [0.2, 0.25) is 0 Å². The molecule has 1 unspecified atom stereocenters. The number of nitrogens with zero attached hydrogens (tertiary/aromatic N) is 1. The summed E-state index contributed by atoms with van der Waals surface area (Å²) in [6.45, 7) is 6.03. The normalized spacial score (nSPS) is 15.1. The molecule has 0 aromatic rings. The predicted molar refractivity (Wildman–Crippen MR) is 57.2 cm³/mol. The summed E-state index contributed by atoms with van der Waals surface area (Å²) in [5.74, 6) is -0.841. The molecule has 0 bridgehead atoms. The van der Waals surface area contributed by atoms with E-state index in [-0.39, 0.29) is 0 Å². The fourth-order valence-electron chi connectivity index (χ4n) is 1.45. The highest BCUT2D eigenvalue weighted by atomic mass is 16.4. The van der Waals surface area contributed by atoms with Gasteiger partial charge in [-0.05, 0) is 20.5 Å². The van der Waals surface area contributed by atoms with Crippen LogP contribution >= 0.6 is 0 Å². The maximum absolute atomic E-state index is 11.2. The topological polar surface area (TPSA) is 52.6 Å². The van der Waals surface area contributed by atoms with Crippen molar-refractivity contribution in [2.75, 3.05) is 20.6 Å². The average molecular weight is 200 g/mol. The van der Waals surface area contributed by atoms with E-state index in [4.69, 9.17) is 0 Å². The summed E-state index contributed by atoms with van der Waals surface area (Å²) in [5, 5.41) is 12.2. The van der Waals surface area contributed by atoms with Crippen LogP contribution in [0.25, 0.3) is 0 Å². The van der Waals surface area contributed by atoms with E-state index in [2.05, 4.69) is 11.9 Å². The number of hydrogen-bond donors (Lipinski definition) is 2. The van der Waals surface area contributed by atoms with Crippen LogP contribution in [-0.2, 0) is 4.79 Å². The van der Waals surface area contributed by atoms with E-state index in [0.29, 0.717) is 13.0 Å². The van der Waals surface area contributed by atoms with Gasteiger partial charge in [0.25, 0.3) is 0 Å². The van der Waals surface area contributed by atoms with Gasteiger partial charge in [0.2, 0.25) is 0 Å². The maximum Gasteiger partial charge on any atom is 0.339 e. The van der Waals surface area contributed by atoms with Gasteiger partial charge < -0.3 is 5.11 Å². The van der Waals surface area contributed by atoms with E-state index in [1.165, 1.54) is 0 Å². The molecule has 0 aromatic heterocycles. The molecule has 0 aliphatic rings. The second-order valence-electron chi connectivity index (χ2n) is 3.48. The van der Waals surface area contributed by atoms with Gasteiger partial charge in [0.1, 0.15) is 0 Å². The van der Waals surface area contributed by atoms with Crippen LogP contribution in [0.4, 0.5) is 0 Å². The van der Waals surface area contributed by atoms with Crippen molar-refractivity contribution < 1.29 is 9.90 Å². The van der Waals surface area contributed by atoms with Crippen molar-refractivity contribution in [2.45, 2.75) is 25.4 Å². The molecule has 82 valence electrons. The Bertz CT molecular complexity index is 204. The smallest absolute Gasteiger partial charge is 0.339 e. The van der Waals surface area contributed by atoms with Crippen molar-refractivity contribution in [3.05, 3.63) is 12.7 Å². The Kier molecular flexibility index (Phi) is 5.42. The van der Waals surface area contributed by atoms with E-state index in [0.717, 1.165) is 6.42 Å². The number of likely N-dealkylation sites (N-methyl/N-ethyl adjacent to an activating group) is 1. The van der Waals surface area contributed by atoms with E-state index < -0.39 is 11.6 Å². The lowest BCUT2D eigenvalue weighted by Gasteiger charge is -2.36. The first-order chi connectivity index (χ1) is 6.51. The summed E-state index contributed by atoms with van der Waals surface area (Å²) in [6, 6.07) is 0. The molecular formula is C10H20N2O2. The van der Waals surface area contributed by atoms with Crippen molar-refractivity contribution in [1.29, 1.82) is 0 Å². The first kappa shape index (κ1) is 13.1. The lowest BCUT2D eigenvalue weighted by Crippen LogP contribution is -2.61. The van der Waals surface area contributed by atoms with Crippen LogP contribution < -0.4 is 5.32 Å². The molecule has 0 fully saturated rings. The fraction of sp³-hybridized carbons (Fsp3) is 0.700. The molecule has 0 spiro atoms. The van der Waals surface area contributed by atoms with Gasteiger partial charge in [0.15, 0.2) is 5.66 Å². The number of rotatable bonds is 7. The lowest BCUT2D eigenvalue weighted by molar-refractivity contribution is -0.152. The van der Waals surface area contributed by atoms with Gasteiger partial charge in [0.05, 0.1) is 0 Å². The molecule has 14 heavy (non-hydrogen) atoms. The molecule has 1 atom stereocenters. The highest BCUT2D eigenvalue weighted by Gasteiger charge is 2.39. The Balaban J connectivity index is 4.73. The zero-order chi connectivity index (χ0) is 11.2. The number of carbonyl (C=O) groups is 1. The van der Waals surface area contributed by atoms with Crippen LogP contribution in [0.1, 0.15) is 19.8 Å².